The van der Waals surface area contributed by atoms with Gasteiger partial charge in [0.25, 0.3) is 5.91 Å². The van der Waals surface area contributed by atoms with Crippen LogP contribution in [-0.4, -0.2) is 45.6 Å². The van der Waals surface area contributed by atoms with Gasteiger partial charge in [0.1, 0.15) is 4.90 Å². The van der Waals surface area contributed by atoms with Gasteiger partial charge in [-0.2, -0.15) is 0 Å². The predicted octanol–water partition coefficient (Wildman–Crippen LogP) is 1.21. The zero-order valence-electron chi connectivity index (χ0n) is 13.8. The van der Waals surface area contributed by atoms with Crippen molar-refractivity contribution in [1.29, 1.82) is 0 Å². The van der Waals surface area contributed by atoms with Crippen LogP contribution < -0.4 is 10.0 Å². The number of sulfonamides is 1. The van der Waals surface area contributed by atoms with Crippen LogP contribution >= 0.6 is 11.6 Å². The number of nitrogens with one attached hydrogen (secondary N) is 2. The summed E-state index contributed by atoms with van der Waals surface area (Å²) in [6.07, 6.45) is 0.530. The van der Waals surface area contributed by atoms with Crippen LogP contribution in [0.4, 0.5) is 4.79 Å². The van der Waals surface area contributed by atoms with E-state index in [-0.39, 0.29) is 28.1 Å². The van der Waals surface area contributed by atoms with Gasteiger partial charge in [0.2, 0.25) is 10.0 Å². The van der Waals surface area contributed by atoms with Crippen molar-refractivity contribution < 1.29 is 32.3 Å². The molecule has 26 heavy (non-hydrogen) atoms. The van der Waals surface area contributed by atoms with E-state index in [2.05, 4.69) is 9.46 Å². The molecule has 9 nitrogen and oxygen atoms in total. The molecule has 2 rings (SSSR count). The SMILES string of the molecule is CCOC(=O)NC(=O)COC(=O)c1ccc(Cl)c(S(=O)(=O)NC2CC2)c1. The van der Waals surface area contributed by atoms with Crippen LogP contribution in [0.1, 0.15) is 30.1 Å². The van der Waals surface area contributed by atoms with E-state index in [1.165, 1.54) is 12.1 Å². The molecular formula is C15H17ClN2O7S. The first-order chi connectivity index (χ1) is 12.2. The second-order valence-corrected chi connectivity index (χ2v) is 7.48. The Hall–Kier alpha value is -2.17. The normalized spacial score (nSPS) is 13.8. The first-order valence-corrected chi connectivity index (χ1v) is 9.54. The minimum absolute atomic E-state index is 0.0465. The maximum atomic E-state index is 12.3. The van der Waals surface area contributed by atoms with E-state index in [1.54, 1.807) is 6.92 Å². The molecule has 142 valence electrons. The highest BCUT2D eigenvalue weighted by Gasteiger charge is 2.29. The summed E-state index contributed by atoms with van der Waals surface area (Å²) in [4.78, 5) is 34.3. The van der Waals surface area contributed by atoms with Crippen molar-refractivity contribution >= 4 is 39.6 Å². The number of hydrogen-bond donors (Lipinski definition) is 2. The first kappa shape index (κ1) is 20.1. The summed E-state index contributed by atoms with van der Waals surface area (Å²) in [6, 6.07) is 3.46. The molecule has 1 fully saturated rings. The summed E-state index contributed by atoms with van der Waals surface area (Å²) in [5.74, 6) is -1.82. The molecule has 2 amide bonds. The van der Waals surface area contributed by atoms with Crippen LogP contribution in [0.2, 0.25) is 5.02 Å². The molecule has 1 aliphatic rings. The summed E-state index contributed by atoms with van der Waals surface area (Å²) in [7, 11) is -3.87. The smallest absolute Gasteiger partial charge is 0.413 e. The molecular weight excluding hydrogens is 388 g/mol. The number of carbonyl (C=O) groups is 3. The van der Waals surface area contributed by atoms with Crippen LogP contribution in [0, 0.1) is 0 Å². The monoisotopic (exact) mass is 404 g/mol. The van der Waals surface area contributed by atoms with Gasteiger partial charge in [-0.1, -0.05) is 11.6 Å². The Balaban J connectivity index is 2.02. The van der Waals surface area contributed by atoms with Gasteiger partial charge in [-0.3, -0.25) is 10.1 Å². The lowest BCUT2D eigenvalue weighted by Crippen LogP contribution is -2.34. The van der Waals surface area contributed by atoms with Crippen LogP contribution in [-0.2, 0) is 24.3 Å². The molecule has 0 radical (unpaired) electrons. The maximum Gasteiger partial charge on any atom is 0.413 e. The average molecular weight is 405 g/mol. The van der Waals surface area contributed by atoms with Crippen LogP contribution in [0.25, 0.3) is 0 Å². The minimum Gasteiger partial charge on any atom is -0.452 e. The van der Waals surface area contributed by atoms with E-state index in [0.717, 1.165) is 18.9 Å². The van der Waals surface area contributed by atoms with Crippen LogP contribution in [0.15, 0.2) is 23.1 Å². The molecule has 0 atom stereocenters. The van der Waals surface area contributed by atoms with E-state index in [1.807, 2.05) is 5.32 Å². The van der Waals surface area contributed by atoms with Crippen molar-refractivity contribution in [2.75, 3.05) is 13.2 Å². The third-order valence-electron chi connectivity index (χ3n) is 3.21. The van der Waals surface area contributed by atoms with Crippen LogP contribution in [0.5, 0.6) is 0 Å². The Labute approximate surface area is 155 Å². The standard InChI is InChI=1S/C15H17ClN2O7S/c1-2-24-15(21)17-13(19)8-25-14(20)9-3-6-11(16)12(7-9)26(22,23)18-10-4-5-10/h3,6-7,10,18H,2,4-5,8H2,1H3,(H,17,19,21). The van der Waals surface area contributed by atoms with Gasteiger partial charge in [-0.15, -0.1) is 0 Å². The summed E-state index contributed by atoms with van der Waals surface area (Å²) in [6.45, 7) is 0.910. The molecule has 0 heterocycles. The molecule has 1 saturated carbocycles. The van der Waals surface area contributed by atoms with Gasteiger partial charge in [0.15, 0.2) is 6.61 Å². The number of esters is 1. The zero-order valence-corrected chi connectivity index (χ0v) is 15.4. The fraction of sp³-hybridized carbons (Fsp3) is 0.400. The number of imide groups is 1. The predicted molar refractivity (Wildman–Crippen MR) is 90.2 cm³/mol. The summed E-state index contributed by atoms with van der Waals surface area (Å²) < 4.78 is 36.2. The number of amides is 2. The van der Waals surface area contributed by atoms with Gasteiger partial charge in [0.05, 0.1) is 17.2 Å². The van der Waals surface area contributed by atoms with E-state index >= 15 is 0 Å². The lowest BCUT2D eigenvalue weighted by atomic mass is 10.2. The van der Waals surface area contributed by atoms with E-state index in [0.29, 0.717) is 0 Å². The fourth-order valence-corrected chi connectivity index (χ4v) is 3.68. The van der Waals surface area contributed by atoms with Gasteiger partial charge >= 0.3 is 12.1 Å². The number of rotatable bonds is 7. The molecule has 0 saturated heterocycles. The quantitative estimate of drug-likeness (QED) is 0.653. The molecule has 0 spiro atoms. The number of alkyl carbamates (subject to hydrolysis) is 1. The molecule has 0 aliphatic heterocycles. The summed E-state index contributed by atoms with van der Waals surface area (Å²) in [5.41, 5.74) is -0.102. The van der Waals surface area contributed by atoms with Crippen LogP contribution in [0.3, 0.4) is 0 Å². The van der Waals surface area contributed by atoms with Crippen molar-refractivity contribution in [3.8, 4) is 0 Å². The Morgan fingerprint density at radius 3 is 2.54 bits per heavy atom. The summed E-state index contributed by atoms with van der Waals surface area (Å²) in [5, 5.41) is 1.81. The zero-order chi connectivity index (χ0) is 19.3. The second-order valence-electron chi connectivity index (χ2n) is 5.39. The number of halogens is 1. The Kier molecular flexibility index (Phi) is 6.57. The van der Waals surface area contributed by atoms with Gasteiger partial charge in [-0.25, -0.2) is 22.7 Å². The topological polar surface area (TPSA) is 128 Å². The number of hydrogen-bond acceptors (Lipinski definition) is 7. The fourth-order valence-electron chi connectivity index (χ4n) is 1.85. The van der Waals surface area contributed by atoms with Crippen molar-refractivity contribution in [2.45, 2.75) is 30.7 Å². The van der Waals surface area contributed by atoms with E-state index in [9.17, 15) is 22.8 Å². The number of benzene rings is 1. The van der Waals surface area contributed by atoms with Gasteiger partial charge < -0.3 is 9.47 Å². The maximum absolute atomic E-state index is 12.3. The number of ether oxygens (including phenoxy) is 2. The Morgan fingerprint density at radius 2 is 1.92 bits per heavy atom. The van der Waals surface area contributed by atoms with E-state index in [4.69, 9.17) is 16.3 Å². The average Bonchev–Trinajstić information content (AvgIpc) is 3.36. The minimum atomic E-state index is -3.87. The van der Waals surface area contributed by atoms with Crippen molar-refractivity contribution in [1.82, 2.24) is 10.0 Å². The van der Waals surface area contributed by atoms with Gasteiger partial charge in [0, 0.05) is 6.04 Å². The first-order valence-electron chi connectivity index (χ1n) is 7.68. The summed E-state index contributed by atoms with van der Waals surface area (Å²) >= 11 is 5.92. The van der Waals surface area contributed by atoms with E-state index < -0.39 is 34.6 Å². The highest BCUT2D eigenvalue weighted by atomic mass is 35.5. The molecule has 1 aromatic carbocycles. The van der Waals surface area contributed by atoms with Crippen molar-refractivity contribution in [3.05, 3.63) is 28.8 Å². The molecule has 2 N–H and O–H groups in total. The third kappa shape index (κ3) is 5.68. The highest BCUT2D eigenvalue weighted by molar-refractivity contribution is 7.89. The number of carbonyl (C=O) groups excluding carboxylic acids is 3. The van der Waals surface area contributed by atoms with Gasteiger partial charge in [-0.05, 0) is 38.0 Å². The molecule has 0 bridgehead atoms. The lowest BCUT2D eigenvalue weighted by Gasteiger charge is -2.10. The second kappa shape index (κ2) is 8.47. The Bertz CT molecular complexity index is 821. The molecule has 0 aromatic heterocycles. The molecule has 0 unspecified atom stereocenters. The largest absolute Gasteiger partial charge is 0.452 e. The highest BCUT2D eigenvalue weighted by Crippen LogP contribution is 2.27. The molecule has 1 aromatic rings. The van der Waals surface area contributed by atoms with Crippen molar-refractivity contribution in [3.63, 3.8) is 0 Å². The third-order valence-corrected chi connectivity index (χ3v) is 5.21. The Morgan fingerprint density at radius 1 is 1.23 bits per heavy atom. The van der Waals surface area contributed by atoms with Crippen molar-refractivity contribution in [2.24, 2.45) is 0 Å². The molecule has 11 heteroatoms. The lowest BCUT2D eigenvalue weighted by molar-refractivity contribution is -0.123. The molecule has 1 aliphatic carbocycles.